The van der Waals surface area contributed by atoms with Crippen molar-refractivity contribution in [2.24, 2.45) is 5.41 Å². The van der Waals surface area contributed by atoms with Gasteiger partial charge in [0.05, 0.1) is 22.2 Å². The highest BCUT2D eigenvalue weighted by molar-refractivity contribution is 7.09. The van der Waals surface area contributed by atoms with Crippen LogP contribution in [0.4, 0.5) is 0 Å². The number of carboxylic acids is 1. The molecule has 0 saturated heterocycles. The Morgan fingerprint density at radius 2 is 2.25 bits per heavy atom. The van der Waals surface area contributed by atoms with Crippen LogP contribution in [0.1, 0.15) is 56.3 Å². The molecule has 1 amide bonds. The van der Waals surface area contributed by atoms with Gasteiger partial charge < -0.3 is 10.4 Å². The van der Waals surface area contributed by atoms with Crippen LogP contribution < -0.4 is 5.32 Å². The Hall–Kier alpha value is -1.43. The minimum atomic E-state index is -0.853. The van der Waals surface area contributed by atoms with Gasteiger partial charge in [-0.2, -0.15) is 0 Å². The molecule has 1 unspecified atom stereocenters. The van der Waals surface area contributed by atoms with Crippen molar-refractivity contribution in [3.8, 4) is 0 Å². The van der Waals surface area contributed by atoms with Crippen molar-refractivity contribution in [1.82, 2.24) is 10.3 Å². The van der Waals surface area contributed by atoms with Gasteiger partial charge >= 0.3 is 5.97 Å². The lowest BCUT2D eigenvalue weighted by Gasteiger charge is -2.37. The molecule has 0 aromatic carbocycles. The number of aryl methyl sites for hydroxylation is 1. The number of hydrogen-bond acceptors (Lipinski definition) is 4. The predicted octanol–water partition coefficient (Wildman–Crippen LogP) is 2.53. The predicted molar refractivity (Wildman–Crippen MR) is 76.6 cm³/mol. The molecule has 1 fully saturated rings. The van der Waals surface area contributed by atoms with Crippen LogP contribution in [0.3, 0.4) is 0 Å². The molecule has 5 nitrogen and oxygen atoms in total. The summed E-state index contributed by atoms with van der Waals surface area (Å²) in [6.45, 7) is 3.92. The summed E-state index contributed by atoms with van der Waals surface area (Å²) in [6.07, 6.45) is 3.04. The monoisotopic (exact) mass is 296 g/mol. The van der Waals surface area contributed by atoms with E-state index in [0.29, 0.717) is 12.8 Å². The number of aromatic nitrogens is 1. The maximum absolute atomic E-state index is 12.0. The molecule has 1 heterocycles. The normalized spacial score (nSPS) is 18.1. The van der Waals surface area contributed by atoms with Crippen LogP contribution in [0.25, 0.3) is 0 Å². The van der Waals surface area contributed by atoms with Gasteiger partial charge in [0.2, 0.25) is 5.91 Å². The van der Waals surface area contributed by atoms with E-state index in [2.05, 4.69) is 10.3 Å². The van der Waals surface area contributed by atoms with Crippen LogP contribution in [0.2, 0.25) is 0 Å². The lowest BCUT2D eigenvalue weighted by Crippen LogP contribution is -2.43. The molecule has 20 heavy (non-hydrogen) atoms. The quantitative estimate of drug-likeness (QED) is 0.845. The van der Waals surface area contributed by atoms with Gasteiger partial charge in [-0.1, -0.05) is 13.3 Å². The number of carbonyl (C=O) groups excluding carboxylic acids is 1. The molecule has 110 valence electrons. The topological polar surface area (TPSA) is 79.3 Å². The fraction of sp³-hybridized carbons (Fsp3) is 0.643. The second kappa shape index (κ2) is 5.91. The number of carbonyl (C=O) groups is 2. The Bertz CT molecular complexity index is 508. The summed E-state index contributed by atoms with van der Waals surface area (Å²) in [6, 6.07) is -0.176. The first kappa shape index (κ1) is 15.0. The van der Waals surface area contributed by atoms with E-state index >= 15 is 0 Å². The number of amides is 1. The van der Waals surface area contributed by atoms with Gasteiger partial charge in [0.25, 0.3) is 0 Å². The first-order chi connectivity index (χ1) is 9.47. The van der Waals surface area contributed by atoms with E-state index < -0.39 is 11.4 Å². The number of nitrogens with one attached hydrogen (secondary N) is 1. The molecule has 0 aliphatic heterocycles. The summed E-state index contributed by atoms with van der Waals surface area (Å²) >= 11 is 1.58. The number of rotatable bonds is 6. The molecule has 6 heteroatoms. The van der Waals surface area contributed by atoms with Crippen molar-refractivity contribution in [2.45, 2.75) is 52.0 Å². The van der Waals surface area contributed by atoms with Crippen molar-refractivity contribution in [3.63, 3.8) is 0 Å². The first-order valence-electron chi connectivity index (χ1n) is 6.94. The molecule has 1 atom stereocenters. The van der Waals surface area contributed by atoms with E-state index in [9.17, 15) is 14.7 Å². The lowest BCUT2D eigenvalue weighted by molar-refractivity contribution is -0.157. The zero-order chi connectivity index (χ0) is 14.8. The molecule has 2 N–H and O–H groups in total. The molecule has 0 radical (unpaired) electrons. The Kier molecular flexibility index (Phi) is 4.42. The van der Waals surface area contributed by atoms with Crippen LogP contribution in [0, 0.1) is 5.41 Å². The third-order valence-corrected chi connectivity index (χ3v) is 4.97. The molecule has 0 bridgehead atoms. The fourth-order valence-corrected chi connectivity index (χ4v) is 3.27. The molecule has 1 aromatic rings. The standard InChI is InChI=1S/C14H20N2O3S/c1-3-12-16-10(8-20-12)9(2)15-11(17)7-14(13(18)19)5-4-6-14/h8-9H,3-7H2,1-2H3,(H,15,17)(H,18,19). The average molecular weight is 296 g/mol. The summed E-state index contributed by atoms with van der Waals surface area (Å²) in [7, 11) is 0. The third-order valence-electron chi connectivity index (χ3n) is 3.96. The molecular formula is C14H20N2O3S. The first-order valence-corrected chi connectivity index (χ1v) is 7.82. The van der Waals surface area contributed by atoms with Crippen molar-refractivity contribution in [3.05, 3.63) is 16.1 Å². The van der Waals surface area contributed by atoms with Crippen LogP contribution in [-0.2, 0) is 16.0 Å². The molecular weight excluding hydrogens is 276 g/mol. The van der Waals surface area contributed by atoms with E-state index in [1.54, 1.807) is 11.3 Å². The number of nitrogens with zero attached hydrogens (tertiary/aromatic N) is 1. The summed E-state index contributed by atoms with van der Waals surface area (Å²) in [5, 5.41) is 15.1. The zero-order valence-corrected chi connectivity index (χ0v) is 12.6. The van der Waals surface area contributed by atoms with Gasteiger partial charge in [-0.15, -0.1) is 11.3 Å². The minimum absolute atomic E-state index is 0.0669. The Balaban J connectivity index is 1.92. The SMILES string of the molecule is CCc1nc(C(C)NC(=O)CC2(C(=O)O)CCC2)cs1. The summed E-state index contributed by atoms with van der Waals surface area (Å²) in [5.74, 6) is -1.06. The van der Waals surface area contributed by atoms with E-state index in [-0.39, 0.29) is 18.4 Å². The van der Waals surface area contributed by atoms with Crippen molar-refractivity contribution < 1.29 is 14.7 Å². The van der Waals surface area contributed by atoms with Crippen molar-refractivity contribution >= 4 is 23.2 Å². The minimum Gasteiger partial charge on any atom is -0.481 e. The highest BCUT2D eigenvalue weighted by Gasteiger charge is 2.46. The van der Waals surface area contributed by atoms with Crippen LogP contribution in [-0.4, -0.2) is 22.0 Å². The van der Waals surface area contributed by atoms with Gasteiger partial charge in [-0.05, 0) is 26.2 Å². The van der Waals surface area contributed by atoms with E-state index in [1.807, 2.05) is 19.2 Å². The van der Waals surface area contributed by atoms with Crippen LogP contribution in [0.15, 0.2) is 5.38 Å². The molecule has 2 rings (SSSR count). The number of aliphatic carboxylic acids is 1. The third kappa shape index (κ3) is 3.00. The Labute approximate surface area is 122 Å². The van der Waals surface area contributed by atoms with Crippen molar-refractivity contribution in [2.75, 3.05) is 0 Å². The van der Waals surface area contributed by atoms with Crippen molar-refractivity contribution in [1.29, 1.82) is 0 Å². The van der Waals surface area contributed by atoms with Gasteiger partial charge in [0.15, 0.2) is 0 Å². The smallest absolute Gasteiger partial charge is 0.310 e. The molecule has 1 aromatic heterocycles. The van der Waals surface area contributed by atoms with E-state index in [1.165, 1.54) is 0 Å². The Morgan fingerprint density at radius 3 is 2.70 bits per heavy atom. The number of carboxylic acid groups (broad SMARTS) is 1. The summed E-state index contributed by atoms with van der Waals surface area (Å²) < 4.78 is 0. The molecule has 0 spiro atoms. The number of thiazole rings is 1. The van der Waals surface area contributed by atoms with Gasteiger partial charge in [0, 0.05) is 11.8 Å². The maximum Gasteiger partial charge on any atom is 0.310 e. The Morgan fingerprint density at radius 1 is 1.55 bits per heavy atom. The highest BCUT2D eigenvalue weighted by atomic mass is 32.1. The van der Waals surface area contributed by atoms with E-state index in [4.69, 9.17) is 0 Å². The van der Waals surface area contributed by atoms with Gasteiger partial charge in [0.1, 0.15) is 0 Å². The summed E-state index contributed by atoms with van der Waals surface area (Å²) in [5.41, 5.74) is 0.0127. The largest absolute Gasteiger partial charge is 0.481 e. The van der Waals surface area contributed by atoms with Crippen LogP contribution >= 0.6 is 11.3 Å². The fourth-order valence-electron chi connectivity index (χ4n) is 2.43. The highest BCUT2D eigenvalue weighted by Crippen LogP contribution is 2.44. The number of hydrogen-bond donors (Lipinski definition) is 2. The van der Waals surface area contributed by atoms with Gasteiger partial charge in [-0.25, -0.2) is 4.98 Å². The lowest BCUT2D eigenvalue weighted by atomic mass is 9.66. The second-order valence-electron chi connectivity index (χ2n) is 5.42. The van der Waals surface area contributed by atoms with Crippen LogP contribution in [0.5, 0.6) is 0 Å². The van der Waals surface area contributed by atoms with E-state index in [0.717, 1.165) is 23.5 Å². The molecule has 1 aliphatic rings. The van der Waals surface area contributed by atoms with Gasteiger partial charge in [-0.3, -0.25) is 9.59 Å². The summed E-state index contributed by atoms with van der Waals surface area (Å²) in [4.78, 5) is 27.7. The average Bonchev–Trinajstić information content (AvgIpc) is 2.82. The second-order valence-corrected chi connectivity index (χ2v) is 6.37. The molecule has 1 saturated carbocycles. The maximum atomic E-state index is 12.0. The molecule has 1 aliphatic carbocycles. The zero-order valence-electron chi connectivity index (χ0n) is 11.8.